The first-order chi connectivity index (χ1) is 7.31. The molecule has 0 aromatic rings. The predicted octanol–water partition coefficient (Wildman–Crippen LogP) is 3.61. The average Bonchev–Trinajstić information content (AvgIpc) is 2.12. The molecule has 0 rings (SSSR count). The summed E-state index contributed by atoms with van der Waals surface area (Å²) in [5.74, 6) is -13.7. The zero-order chi connectivity index (χ0) is 14.1. The molecule has 0 aliphatic heterocycles. The highest BCUT2D eigenvalue weighted by Gasteiger charge is 2.82. The van der Waals surface area contributed by atoms with Crippen molar-refractivity contribution in [2.24, 2.45) is 0 Å². The lowest BCUT2D eigenvalue weighted by atomic mass is 10.1. The second kappa shape index (κ2) is 4.39. The van der Waals surface area contributed by atoms with E-state index in [2.05, 4.69) is 11.3 Å². The van der Waals surface area contributed by atoms with Crippen molar-refractivity contribution in [3.8, 4) is 0 Å². The van der Waals surface area contributed by atoms with Gasteiger partial charge < -0.3 is 4.74 Å². The van der Waals surface area contributed by atoms with Crippen molar-refractivity contribution in [2.45, 2.75) is 24.1 Å². The van der Waals surface area contributed by atoms with Gasteiger partial charge in [0.15, 0.2) is 0 Å². The van der Waals surface area contributed by atoms with Crippen LogP contribution in [0.15, 0.2) is 12.7 Å². The Morgan fingerprint density at radius 2 is 1.24 bits per heavy atom. The van der Waals surface area contributed by atoms with Gasteiger partial charge in [0, 0.05) is 0 Å². The third-order valence-corrected chi connectivity index (χ3v) is 1.50. The third-order valence-electron chi connectivity index (χ3n) is 1.50. The third kappa shape index (κ3) is 2.67. The molecule has 0 radical (unpaired) electrons. The fraction of sp³-hybridized carbons (Fsp3) is 0.714. The topological polar surface area (TPSA) is 9.23 Å². The van der Waals surface area contributed by atoms with Gasteiger partial charge in [-0.25, -0.2) is 0 Å². The molecule has 0 bridgehead atoms. The van der Waals surface area contributed by atoms with Crippen molar-refractivity contribution in [2.75, 3.05) is 6.61 Å². The molecular weight excluding hydrogens is 271 g/mol. The molecule has 0 saturated heterocycles. The molecule has 0 aromatic heterocycles. The number of halogens is 9. The Labute approximate surface area is 88.8 Å². The number of alkyl halides is 9. The number of hydrogen-bond acceptors (Lipinski definition) is 1. The Morgan fingerprint density at radius 1 is 0.824 bits per heavy atom. The molecule has 0 amide bonds. The highest BCUT2D eigenvalue weighted by molar-refractivity contribution is 4.96. The van der Waals surface area contributed by atoms with E-state index < -0.39 is 30.7 Å². The van der Waals surface area contributed by atoms with Crippen LogP contribution in [-0.2, 0) is 4.74 Å². The molecule has 0 heterocycles. The molecule has 0 saturated carbocycles. The van der Waals surface area contributed by atoms with Crippen LogP contribution in [0.3, 0.4) is 0 Å². The number of ether oxygens (including phenoxy) is 1. The predicted molar refractivity (Wildman–Crippen MR) is 37.0 cm³/mol. The van der Waals surface area contributed by atoms with Crippen molar-refractivity contribution in [1.82, 2.24) is 0 Å². The molecule has 0 N–H and O–H groups in total. The maximum Gasteiger partial charge on any atom is 0.460 e. The lowest BCUT2D eigenvalue weighted by molar-refractivity contribution is -0.442. The fourth-order valence-electron chi connectivity index (χ4n) is 0.615. The summed E-state index contributed by atoms with van der Waals surface area (Å²) in [6.07, 6.45) is -12.3. The highest BCUT2D eigenvalue weighted by Crippen LogP contribution is 2.53. The van der Waals surface area contributed by atoms with Gasteiger partial charge in [0.2, 0.25) is 0 Å². The van der Waals surface area contributed by atoms with Crippen molar-refractivity contribution in [1.29, 1.82) is 0 Å². The maximum atomic E-state index is 12.4. The molecule has 0 fully saturated rings. The first-order valence-electron chi connectivity index (χ1n) is 3.76. The van der Waals surface area contributed by atoms with Crippen LogP contribution in [0, 0.1) is 0 Å². The number of rotatable bonds is 5. The van der Waals surface area contributed by atoms with Gasteiger partial charge in [-0.3, -0.25) is 0 Å². The highest BCUT2D eigenvalue weighted by atomic mass is 19.4. The average molecular weight is 276 g/mol. The first kappa shape index (κ1) is 16.1. The summed E-state index contributed by atoms with van der Waals surface area (Å²) < 4.78 is 112. The van der Waals surface area contributed by atoms with Gasteiger partial charge in [-0.2, -0.15) is 39.5 Å². The SMILES string of the molecule is C=CCOC(F)(F)C(F)(F)C(F)(F)C(F)(F)F. The Morgan fingerprint density at radius 3 is 1.53 bits per heavy atom. The maximum absolute atomic E-state index is 12.4. The normalized spacial score (nSPS) is 14.9. The van der Waals surface area contributed by atoms with Crippen molar-refractivity contribution < 1.29 is 44.3 Å². The molecule has 102 valence electrons. The summed E-state index contributed by atoms with van der Waals surface area (Å²) >= 11 is 0. The van der Waals surface area contributed by atoms with Crippen LogP contribution in [0.1, 0.15) is 0 Å². The smallest absolute Gasteiger partial charge is 0.311 e. The molecule has 0 spiro atoms. The van der Waals surface area contributed by atoms with Crippen molar-refractivity contribution >= 4 is 0 Å². The summed E-state index contributed by atoms with van der Waals surface area (Å²) in [6.45, 7) is 1.42. The summed E-state index contributed by atoms with van der Waals surface area (Å²) in [5.41, 5.74) is 0. The van der Waals surface area contributed by atoms with Crippen LogP contribution in [-0.4, -0.2) is 30.7 Å². The van der Waals surface area contributed by atoms with Gasteiger partial charge in [-0.15, -0.1) is 6.58 Å². The molecule has 0 unspecified atom stereocenters. The van der Waals surface area contributed by atoms with Crippen LogP contribution in [0.25, 0.3) is 0 Å². The van der Waals surface area contributed by atoms with Crippen LogP contribution in [0.2, 0.25) is 0 Å². The summed E-state index contributed by atoms with van der Waals surface area (Å²) in [6, 6.07) is 0. The Hall–Kier alpha value is -0.930. The minimum atomic E-state index is -6.93. The van der Waals surface area contributed by atoms with E-state index in [9.17, 15) is 39.5 Å². The quantitative estimate of drug-likeness (QED) is 0.550. The molecule has 0 aliphatic rings. The zero-order valence-electron chi connectivity index (χ0n) is 7.80. The van der Waals surface area contributed by atoms with Gasteiger partial charge in [0.05, 0.1) is 6.61 Å². The van der Waals surface area contributed by atoms with Crippen LogP contribution >= 0.6 is 0 Å². The van der Waals surface area contributed by atoms with E-state index in [0.29, 0.717) is 6.08 Å². The second-order valence-electron chi connectivity index (χ2n) is 2.76. The summed E-state index contributed by atoms with van der Waals surface area (Å²) in [4.78, 5) is 0. The van der Waals surface area contributed by atoms with E-state index in [1.54, 1.807) is 0 Å². The molecule has 1 nitrogen and oxygen atoms in total. The van der Waals surface area contributed by atoms with Crippen molar-refractivity contribution in [3.63, 3.8) is 0 Å². The lowest BCUT2D eigenvalue weighted by Crippen LogP contribution is -2.61. The monoisotopic (exact) mass is 276 g/mol. The van der Waals surface area contributed by atoms with Gasteiger partial charge >= 0.3 is 24.1 Å². The van der Waals surface area contributed by atoms with Crippen molar-refractivity contribution in [3.05, 3.63) is 12.7 Å². The van der Waals surface area contributed by atoms with E-state index in [1.165, 1.54) is 0 Å². The van der Waals surface area contributed by atoms with E-state index in [1.807, 2.05) is 0 Å². The van der Waals surface area contributed by atoms with Crippen LogP contribution in [0.4, 0.5) is 39.5 Å². The van der Waals surface area contributed by atoms with E-state index in [4.69, 9.17) is 0 Å². The summed E-state index contributed by atoms with van der Waals surface area (Å²) in [7, 11) is 0. The molecule has 17 heavy (non-hydrogen) atoms. The van der Waals surface area contributed by atoms with Crippen LogP contribution < -0.4 is 0 Å². The van der Waals surface area contributed by atoms with Gasteiger partial charge in [0.25, 0.3) is 0 Å². The fourth-order valence-corrected chi connectivity index (χ4v) is 0.615. The van der Waals surface area contributed by atoms with Gasteiger partial charge in [-0.05, 0) is 0 Å². The minimum Gasteiger partial charge on any atom is -0.311 e. The van der Waals surface area contributed by atoms with E-state index >= 15 is 0 Å². The number of hydrogen-bond donors (Lipinski definition) is 0. The molecule has 10 heteroatoms. The van der Waals surface area contributed by atoms with E-state index in [0.717, 1.165) is 0 Å². The first-order valence-corrected chi connectivity index (χ1v) is 3.76. The van der Waals surface area contributed by atoms with E-state index in [-0.39, 0.29) is 0 Å². The Balaban J connectivity index is 5.31. The minimum absolute atomic E-state index is 0.482. The van der Waals surface area contributed by atoms with Gasteiger partial charge in [0.1, 0.15) is 0 Å². The zero-order valence-corrected chi connectivity index (χ0v) is 7.80. The standard InChI is InChI=1S/C7H5F9O/c1-2-3-17-7(15,16)5(10,11)4(8,9)6(12,13)14/h2H,1,3H2. The molecule has 0 atom stereocenters. The summed E-state index contributed by atoms with van der Waals surface area (Å²) in [5, 5.41) is 0. The Kier molecular flexibility index (Phi) is 4.15. The Bertz CT molecular complexity index is 280. The molecular formula is C7H5F9O. The largest absolute Gasteiger partial charge is 0.460 e. The van der Waals surface area contributed by atoms with Crippen LogP contribution in [0.5, 0.6) is 0 Å². The van der Waals surface area contributed by atoms with Gasteiger partial charge in [-0.1, -0.05) is 6.08 Å². The lowest BCUT2D eigenvalue weighted by Gasteiger charge is -2.32. The molecule has 0 aliphatic carbocycles. The second-order valence-corrected chi connectivity index (χ2v) is 2.76. The molecule has 0 aromatic carbocycles.